The second-order valence-electron chi connectivity index (χ2n) is 3.19. The average molecular weight is 196 g/mol. The molecule has 0 aromatic rings. The van der Waals surface area contributed by atoms with Crippen LogP contribution in [0.15, 0.2) is 0 Å². The van der Waals surface area contributed by atoms with Crippen molar-refractivity contribution in [2.45, 2.75) is 18.5 Å². The third-order valence-electron chi connectivity index (χ3n) is 2.31. The van der Waals surface area contributed by atoms with E-state index in [1.807, 2.05) is 0 Å². The van der Waals surface area contributed by atoms with Gasteiger partial charge in [0.1, 0.15) is 0 Å². The van der Waals surface area contributed by atoms with Crippen molar-refractivity contribution in [2.75, 3.05) is 19.6 Å². The number of piperazine rings is 1. The van der Waals surface area contributed by atoms with E-state index in [9.17, 15) is 13.2 Å². The van der Waals surface area contributed by atoms with Crippen LogP contribution in [0.2, 0.25) is 0 Å². The number of alkyl halides is 3. The smallest absolute Gasteiger partial charge is 0.313 e. The molecule has 0 unspecified atom stereocenters. The third-order valence-corrected chi connectivity index (χ3v) is 2.31. The third kappa shape index (κ3) is 1.64. The lowest BCUT2D eigenvalue weighted by Crippen LogP contribution is -2.56. The van der Waals surface area contributed by atoms with Crippen LogP contribution in [0.25, 0.3) is 0 Å². The highest BCUT2D eigenvalue weighted by atomic mass is 19.4. The molecule has 2 heterocycles. The minimum atomic E-state index is -4.21. The van der Waals surface area contributed by atoms with Crippen molar-refractivity contribution in [3.8, 4) is 0 Å². The number of halogens is 3. The van der Waals surface area contributed by atoms with Crippen molar-refractivity contribution in [3.05, 3.63) is 0 Å². The highest BCUT2D eigenvalue weighted by molar-refractivity contribution is 4.89. The van der Waals surface area contributed by atoms with Crippen molar-refractivity contribution in [1.82, 2.24) is 21.1 Å². The Bertz CT molecular complexity index is 195. The van der Waals surface area contributed by atoms with Gasteiger partial charge in [0.05, 0.1) is 6.17 Å². The Morgan fingerprint density at radius 2 is 2.00 bits per heavy atom. The van der Waals surface area contributed by atoms with Gasteiger partial charge in [-0.15, -0.1) is 0 Å². The molecule has 0 bridgehead atoms. The highest BCUT2D eigenvalue weighted by Crippen LogP contribution is 2.26. The molecule has 0 spiro atoms. The van der Waals surface area contributed by atoms with Crippen molar-refractivity contribution in [3.63, 3.8) is 0 Å². The molecule has 0 aromatic heterocycles. The van der Waals surface area contributed by atoms with Gasteiger partial charge >= 0.3 is 6.18 Å². The Hall–Kier alpha value is -0.370. The van der Waals surface area contributed by atoms with Crippen LogP contribution >= 0.6 is 0 Å². The molecule has 2 aliphatic heterocycles. The van der Waals surface area contributed by atoms with Crippen LogP contribution in [0, 0.1) is 0 Å². The summed E-state index contributed by atoms with van der Waals surface area (Å²) in [7, 11) is 0. The number of nitrogens with one attached hydrogen (secondary N) is 3. The van der Waals surface area contributed by atoms with Gasteiger partial charge in [-0.2, -0.15) is 13.2 Å². The number of fused-ring (bicyclic) bond motifs is 1. The summed E-state index contributed by atoms with van der Waals surface area (Å²) in [6, 6.07) is 0. The van der Waals surface area contributed by atoms with E-state index in [0.29, 0.717) is 19.6 Å². The van der Waals surface area contributed by atoms with Crippen LogP contribution in [-0.2, 0) is 0 Å². The normalized spacial score (nSPS) is 36.2. The Labute approximate surface area is 73.4 Å². The van der Waals surface area contributed by atoms with Crippen LogP contribution in [0.1, 0.15) is 0 Å². The Balaban J connectivity index is 2.07. The molecule has 7 heteroatoms. The Kier molecular flexibility index (Phi) is 2.18. The van der Waals surface area contributed by atoms with Crippen molar-refractivity contribution in [1.29, 1.82) is 0 Å². The van der Waals surface area contributed by atoms with Crippen LogP contribution in [0.5, 0.6) is 0 Å². The monoisotopic (exact) mass is 196 g/mol. The van der Waals surface area contributed by atoms with Gasteiger partial charge in [0.2, 0.25) is 0 Å². The van der Waals surface area contributed by atoms with E-state index >= 15 is 0 Å². The van der Waals surface area contributed by atoms with Crippen LogP contribution in [0.4, 0.5) is 13.2 Å². The summed E-state index contributed by atoms with van der Waals surface area (Å²) in [6.07, 6.45) is -6.00. The van der Waals surface area contributed by atoms with Gasteiger partial charge in [-0.25, -0.2) is 10.9 Å². The molecule has 0 aromatic carbocycles. The molecule has 3 N–H and O–H groups in total. The first-order chi connectivity index (χ1) is 6.09. The van der Waals surface area contributed by atoms with E-state index in [1.165, 1.54) is 4.90 Å². The summed E-state index contributed by atoms with van der Waals surface area (Å²) >= 11 is 0. The minimum absolute atomic E-state index is 0.250. The second kappa shape index (κ2) is 3.09. The van der Waals surface area contributed by atoms with Gasteiger partial charge in [0.15, 0.2) is 6.17 Å². The van der Waals surface area contributed by atoms with Gasteiger partial charge in [-0.1, -0.05) is 0 Å². The number of rotatable bonds is 0. The molecule has 13 heavy (non-hydrogen) atoms. The molecule has 2 fully saturated rings. The summed E-state index contributed by atoms with van der Waals surface area (Å²) in [5.74, 6) is 0. The van der Waals surface area contributed by atoms with Gasteiger partial charge < -0.3 is 5.32 Å². The largest absolute Gasteiger partial charge is 0.418 e. The lowest BCUT2D eigenvalue weighted by Gasteiger charge is -2.32. The SMILES string of the molecule is FC(F)(F)[C@@H]1NN[C@@H]2CNCCN12. The van der Waals surface area contributed by atoms with Crippen LogP contribution < -0.4 is 16.2 Å². The van der Waals surface area contributed by atoms with E-state index < -0.39 is 12.3 Å². The molecule has 2 rings (SSSR count). The fourth-order valence-electron chi connectivity index (χ4n) is 1.69. The predicted molar refractivity (Wildman–Crippen MR) is 39.5 cm³/mol. The summed E-state index contributed by atoms with van der Waals surface area (Å²) < 4.78 is 37.1. The highest BCUT2D eigenvalue weighted by Gasteiger charge is 2.50. The minimum Gasteiger partial charge on any atom is -0.313 e. The summed E-state index contributed by atoms with van der Waals surface area (Å²) in [5, 5.41) is 3.02. The Morgan fingerprint density at radius 3 is 2.69 bits per heavy atom. The fraction of sp³-hybridized carbons (Fsp3) is 1.00. The standard InChI is InChI=1S/C6H11F3N4/c7-6(8,9)5-12-11-4-3-10-1-2-13(4)5/h4-5,10-12H,1-3H2/t4-,5+/m0/s1. The zero-order chi connectivity index (χ0) is 9.47. The maximum Gasteiger partial charge on any atom is 0.418 e. The van der Waals surface area contributed by atoms with E-state index in [4.69, 9.17) is 0 Å². The zero-order valence-electron chi connectivity index (χ0n) is 6.86. The lowest BCUT2D eigenvalue weighted by atomic mass is 10.3. The average Bonchev–Trinajstić information content (AvgIpc) is 2.45. The first-order valence-electron chi connectivity index (χ1n) is 4.13. The molecular formula is C6H11F3N4. The van der Waals surface area contributed by atoms with Crippen LogP contribution in [0.3, 0.4) is 0 Å². The topological polar surface area (TPSA) is 39.3 Å². The molecule has 2 aliphatic rings. The fourth-order valence-corrected chi connectivity index (χ4v) is 1.69. The predicted octanol–water partition coefficient (Wildman–Crippen LogP) is -0.786. The molecule has 2 saturated heterocycles. The van der Waals surface area contributed by atoms with E-state index in [-0.39, 0.29) is 6.17 Å². The van der Waals surface area contributed by atoms with E-state index in [1.54, 1.807) is 0 Å². The van der Waals surface area contributed by atoms with Crippen molar-refractivity contribution < 1.29 is 13.2 Å². The molecule has 2 atom stereocenters. The van der Waals surface area contributed by atoms with E-state index in [0.717, 1.165) is 0 Å². The molecular weight excluding hydrogens is 185 g/mol. The van der Waals surface area contributed by atoms with E-state index in [2.05, 4.69) is 16.2 Å². The first-order valence-corrected chi connectivity index (χ1v) is 4.13. The Morgan fingerprint density at radius 1 is 1.23 bits per heavy atom. The number of nitrogens with zero attached hydrogens (tertiary/aromatic N) is 1. The maximum absolute atomic E-state index is 12.4. The molecule has 0 saturated carbocycles. The quantitative estimate of drug-likeness (QED) is 0.475. The molecule has 76 valence electrons. The number of hydrogen-bond donors (Lipinski definition) is 3. The summed E-state index contributed by atoms with van der Waals surface area (Å²) in [5.41, 5.74) is 4.86. The molecule has 0 aliphatic carbocycles. The van der Waals surface area contributed by atoms with Crippen molar-refractivity contribution >= 4 is 0 Å². The van der Waals surface area contributed by atoms with Gasteiger partial charge in [-0.05, 0) is 0 Å². The number of hydrogen-bond acceptors (Lipinski definition) is 4. The molecule has 0 amide bonds. The summed E-state index contributed by atoms with van der Waals surface area (Å²) in [4.78, 5) is 1.39. The number of hydrazine groups is 1. The first kappa shape index (κ1) is 9.20. The lowest BCUT2D eigenvalue weighted by molar-refractivity contribution is -0.185. The second-order valence-corrected chi connectivity index (χ2v) is 3.19. The van der Waals surface area contributed by atoms with Gasteiger partial charge in [0.25, 0.3) is 0 Å². The van der Waals surface area contributed by atoms with Gasteiger partial charge in [0, 0.05) is 19.6 Å². The van der Waals surface area contributed by atoms with Crippen LogP contribution in [-0.4, -0.2) is 43.0 Å². The summed E-state index contributed by atoms with van der Waals surface area (Å²) in [6.45, 7) is 1.56. The molecule has 0 radical (unpaired) electrons. The molecule has 4 nitrogen and oxygen atoms in total. The van der Waals surface area contributed by atoms with Crippen molar-refractivity contribution in [2.24, 2.45) is 0 Å². The van der Waals surface area contributed by atoms with Gasteiger partial charge in [-0.3, -0.25) is 4.90 Å². The zero-order valence-corrected chi connectivity index (χ0v) is 6.86. The maximum atomic E-state index is 12.4.